The highest BCUT2D eigenvalue weighted by atomic mass is 32.1. The average Bonchev–Trinajstić information content (AvgIpc) is 2.93. The second-order valence-corrected chi connectivity index (χ2v) is 5.13. The van der Waals surface area contributed by atoms with Gasteiger partial charge in [-0.15, -0.1) is 11.3 Å². The highest BCUT2D eigenvalue weighted by Crippen LogP contribution is 2.28. The normalized spacial score (nSPS) is 11.2. The van der Waals surface area contributed by atoms with E-state index in [1.807, 2.05) is 10.9 Å². The zero-order valence-corrected chi connectivity index (χ0v) is 10.8. The monoisotopic (exact) mass is 259 g/mol. The Morgan fingerprint density at radius 3 is 3.17 bits per heavy atom. The molecule has 2 aromatic heterocycles. The molecule has 0 saturated heterocycles. The maximum absolute atomic E-state index is 10.9. The summed E-state index contributed by atoms with van der Waals surface area (Å²) in [7, 11) is 0. The smallest absolute Gasteiger partial charge is 0.216 e. The summed E-state index contributed by atoms with van der Waals surface area (Å²) >= 11 is 1.73. The largest absolute Gasteiger partial charge is 0.354 e. The van der Waals surface area contributed by atoms with Crippen LogP contribution in [0, 0.1) is 0 Å². The summed E-state index contributed by atoms with van der Waals surface area (Å²) in [4.78, 5) is 10.9. The summed E-state index contributed by atoms with van der Waals surface area (Å²) < 4.78 is 3.23. The van der Waals surface area contributed by atoms with Gasteiger partial charge < -0.3 is 5.32 Å². The number of carbonyl (C=O) groups is 1. The van der Waals surface area contributed by atoms with Crippen molar-refractivity contribution in [3.8, 4) is 0 Å². The Bertz CT molecular complexity index is 713. The summed E-state index contributed by atoms with van der Waals surface area (Å²) in [5.41, 5.74) is 1.15. The Morgan fingerprint density at radius 2 is 2.33 bits per heavy atom. The lowest BCUT2D eigenvalue weighted by atomic mass is 10.2. The summed E-state index contributed by atoms with van der Waals surface area (Å²) in [5, 5.41) is 11.7. The fraction of sp³-hybridized carbons (Fsp3) is 0.231. The molecule has 0 aliphatic heterocycles. The number of thiophene rings is 1. The van der Waals surface area contributed by atoms with E-state index < -0.39 is 0 Å². The van der Waals surface area contributed by atoms with Gasteiger partial charge in [-0.25, -0.2) is 0 Å². The molecule has 0 radical (unpaired) electrons. The van der Waals surface area contributed by atoms with E-state index in [9.17, 15) is 4.79 Å². The highest BCUT2D eigenvalue weighted by Gasteiger charge is 2.07. The summed E-state index contributed by atoms with van der Waals surface area (Å²) in [6, 6.07) is 6.34. The van der Waals surface area contributed by atoms with Gasteiger partial charge in [-0.2, -0.15) is 5.10 Å². The molecule has 2 heterocycles. The number of amides is 1. The molecular weight excluding hydrogens is 246 g/mol. The first-order chi connectivity index (χ1) is 8.75. The maximum Gasteiger partial charge on any atom is 0.216 e. The number of benzene rings is 1. The SMILES string of the molecule is CC(=O)NCCn1ncc2ccc3sccc3c21. The Hall–Kier alpha value is -1.88. The van der Waals surface area contributed by atoms with Crippen molar-refractivity contribution in [2.45, 2.75) is 13.5 Å². The van der Waals surface area contributed by atoms with Crippen molar-refractivity contribution < 1.29 is 4.79 Å². The number of carbonyl (C=O) groups excluding carboxylic acids is 1. The van der Waals surface area contributed by atoms with Crippen LogP contribution in [0.5, 0.6) is 0 Å². The number of rotatable bonds is 3. The van der Waals surface area contributed by atoms with Gasteiger partial charge in [-0.05, 0) is 23.6 Å². The van der Waals surface area contributed by atoms with Gasteiger partial charge >= 0.3 is 0 Å². The minimum atomic E-state index is -0.00728. The summed E-state index contributed by atoms with van der Waals surface area (Å²) in [6.45, 7) is 2.82. The lowest BCUT2D eigenvalue weighted by Gasteiger charge is -2.05. The number of hydrogen-bond acceptors (Lipinski definition) is 3. The van der Waals surface area contributed by atoms with Gasteiger partial charge in [0.1, 0.15) is 0 Å². The van der Waals surface area contributed by atoms with Crippen molar-refractivity contribution in [3.05, 3.63) is 29.8 Å². The van der Waals surface area contributed by atoms with Crippen LogP contribution in [-0.4, -0.2) is 22.2 Å². The Balaban J connectivity index is 2.01. The minimum Gasteiger partial charge on any atom is -0.354 e. The molecule has 5 heteroatoms. The molecule has 1 N–H and O–H groups in total. The molecule has 0 unspecified atom stereocenters. The van der Waals surface area contributed by atoms with Crippen molar-refractivity contribution in [1.82, 2.24) is 15.1 Å². The van der Waals surface area contributed by atoms with Crippen molar-refractivity contribution in [1.29, 1.82) is 0 Å². The molecular formula is C13H13N3OS. The van der Waals surface area contributed by atoms with Crippen molar-refractivity contribution in [2.75, 3.05) is 6.54 Å². The van der Waals surface area contributed by atoms with Crippen LogP contribution in [-0.2, 0) is 11.3 Å². The molecule has 0 fully saturated rings. The van der Waals surface area contributed by atoms with E-state index in [0.717, 1.165) is 10.9 Å². The van der Waals surface area contributed by atoms with Crippen molar-refractivity contribution >= 4 is 38.2 Å². The Labute approximate surface area is 108 Å². The van der Waals surface area contributed by atoms with E-state index in [-0.39, 0.29) is 5.91 Å². The van der Waals surface area contributed by atoms with Gasteiger partial charge in [0.15, 0.2) is 0 Å². The molecule has 0 aliphatic carbocycles. The lowest BCUT2D eigenvalue weighted by molar-refractivity contribution is -0.118. The average molecular weight is 259 g/mol. The number of hydrogen-bond donors (Lipinski definition) is 1. The fourth-order valence-electron chi connectivity index (χ4n) is 2.13. The number of nitrogens with one attached hydrogen (secondary N) is 1. The van der Waals surface area contributed by atoms with E-state index >= 15 is 0 Å². The Kier molecular flexibility index (Phi) is 2.76. The second kappa shape index (κ2) is 4.42. The van der Waals surface area contributed by atoms with Crippen LogP contribution in [0.25, 0.3) is 21.0 Å². The first-order valence-electron chi connectivity index (χ1n) is 5.82. The van der Waals surface area contributed by atoms with E-state index in [2.05, 4.69) is 34.0 Å². The predicted octanol–water partition coefficient (Wildman–Crippen LogP) is 2.39. The first kappa shape index (κ1) is 11.2. The van der Waals surface area contributed by atoms with Crippen LogP contribution in [0.15, 0.2) is 29.8 Å². The number of fused-ring (bicyclic) bond motifs is 3. The third-order valence-corrected chi connectivity index (χ3v) is 3.81. The van der Waals surface area contributed by atoms with Gasteiger partial charge in [0.05, 0.1) is 18.3 Å². The molecule has 0 spiro atoms. The van der Waals surface area contributed by atoms with Gasteiger partial charge in [-0.3, -0.25) is 9.48 Å². The molecule has 3 aromatic rings. The topological polar surface area (TPSA) is 46.9 Å². The van der Waals surface area contributed by atoms with Gasteiger partial charge in [0.25, 0.3) is 0 Å². The van der Waals surface area contributed by atoms with E-state index in [0.29, 0.717) is 13.1 Å². The zero-order valence-electron chi connectivity index (χ0n) is 10.0. The third kappa shape index (κ3) is 1.86. The van der Waals surface area contributed by atoms with Crippen LogP contribution < -0.4 is 5.32 Å². The fourth-order valence-corrected chi connectivity index (χ4v) is 2.92. The van der Waals surface area contributed by atoms with Crippen LogP contribution in [0.1, 0.15) is 6.92 Å². The van der Waals surface area contributed by atoms with Gasteiger partial charge in [0, 0.05) is 28.9 Å². The summed E-state index contributed by atoms with van der Waals surface area (Å²) in [5.74, 6) is -0.00728. The zero-order chi connectivity index (χ0) is 12.5. The first-order valence-corrected chi connectivity index (χ1v) is 6.70. The quantitative estimate of drug-likeness (QED) is 0.785. The van der Waals surface area contributed by atoms with E-state index in [1.54, 1.807) is 11.3 Å². The second-order valence-electron chi connectivity index (χ2n) is 4.19. The summed E-state index contributed by atoms with van der Waals surface area (Å²) in [6.07, 6.45) is 1.88. The van der Waals surface area contributed by atoms with Gasteiger partial charge in [0.2, 0.25) is 5.91 Å². The van der Waals surface area contributed by atoms with Crippen LogP contribution >= 0.6 is 11.3 Å². The predicted molar refractivity (Wildman–Crippen MR) is 73.8 cm³/mol. The molecule has 1 aromatic carbocycles. The van der Waals surface area contributed by atoms with Crippen LogP contribution in [0.2, 0.25) is 0 Å². The van der Waals surface area contributed by atoms with Crippen LogP contribution in [0.4, 0.5) is 0 Å². The molecule has 92 valence electrons. The van der Waals surface area contributed by atoms with Crippen LogP contribution in [0.3, 0.4) is 0 Å². The molecule has 0 bridgehead atoms. The van der Waals surface area contributed by atoms with Gasteiger partial charge in [-0.1, -0.05) is 0 Å². The lowest BCUT2D eigenvalue weighted by Crippen LogP contribution is -2.24. The molecule has 0 aliphatic rings. The molecule has 0 atom stereocenters. The molecule has 1 amide bonds. The standard InChI is InChI=1S/C13H13N3OS/c1-9(17)14-5-6-16-13-10(8-15-16)2-3-12-11(13)4-7-18-12/h2-4,7-8H,5-6H2,1H3,(H,14,17). The van der Waals surface area contributed by atoms with E-state index in [4.69, 9.17) is 0 Å². The third-order valence-electron chi connectivity index (χ3n) is 2.93. The minimum absolute atomic E-state index is 0.00728. The number of nitrogens with zero attached hydrogens (tertiary/aromatic N) is 2. The Morgan fingerprint density at radius 1 is 1.44 bits per heavy atom. The molecule has 0 saturated carbocycles. The highest BCUT2D eigenvalue weighted by molar-refractivity contribution is 7.17. The molecule has 18 heavy (non-hydrogen) atoms. The maximum atomic E-state index is 10.9. The van der Waals surface area contributed by atoms with Crippen molar-refractivity contribution in [2.24, 2.45) is 0 Å². The van der Waals surface area contributed by atoms with Crippen molar-refractivity contribution in [3.63, 3.8) is 0 Å². The molecule has 4 nitrogen and oxygen atoms in total. The number of aromatic nitrogens is 2. The van der Waals surface area contributed by atoms with E-state index in [1.165, 1.54) is 17.0 Å². The molecule has 3 rings (SSSR count).